The molecule has 0 spiro atoms. The van der Waals surface area contributed by atoms with Gasteiger partial charge < -0.3 is 26.0 Å². The van der Waals surface area contributed by atoms with E-state index in [4.69, 9.17) is 10.8 Å². The van der Waals surface area contributed by atoms with E-state index in [1.807, 2.05) is 26.0 Å². The first-order chi connectivity index (χ1) is 8.92. The van der Waals surface area contributed by atoms with Gasteiger partial charge in [-0.25, -0.2) is 4.98 Å². The summed E-state index contributed by atoms with van der Waals surface area (Å²) in [5.74, 6) is -0.113. The van der Waals surface area contributed by atoms with Crippen LogP contribution in [0.1, 0.15) is 5.69 Å². The lowest BCUT2D eigenvalue weighted by Crippen LogP contribution is -2.33. The highest BCUT2D eigenvalue weighted by Gasteiger charge is 2.12. The van der Waals surface area contributed by atoms with Crippen LogP contribution in [-0.2, 0) is 11.2 Å². The number of nitrogens with two attached hydrogens (primary N) is 1. The topological polar surface area (TPSA) is 120 Å². The molecule has 19 heavy (non-hydrogen) atoms. The number of carbonyl (C=O) groups is 1. The lowest BCUT2D eigenvalue weighted by atomic mass is 10.2. The maximum absolute atomic E-state index is 10.3. The molecule has 0 fully saturated rings. The van der Waals surface area contributed by atoms with E-state index in [0.29, 0.717) is 5.69 Å². The molecule has 1 atom stereocenters. The zero-order valence-electron chi connectivity index (χ0n) is 11.7. The number of imidazole rings is 1. The summed E-state index contributed by atoms with van der Waals surface area (Å²) in [6.45, 7) is 0. The van der Waals surface area contributed by atoms with E-state index in [2.05, 4.69) is 20.3 Å². The van der Waals surface area contributed by atoms with Gasteiger partial charge in [0.2, 0.25) is 0 Å². The summed E-state index contributed by atoms with van der Waals surface area (Å²) in [5.41, 5.74) is 5.92. The van der Waals surface area contributed by atoms with Crippen molar-refractivity contribution < 1.29 is 9.90 Å². The summed E-state index contributed by atoms with van der Waals surface area (Å²) in [5, 5.41) is 11.3. The molecule has 8 heteroatoms. The van der Waals surface area contributed by atoms with Crippen LogP contribution in [-0.4, -0.2) is 66.1 Å². The number of aliphatic imine (C=N–C) groups is 1. The molecule has 0 aromatic carbocycles. The predicted octanol–water partition coefficient (Wildman–Crippen LogP) is -0.883. The lowest BCUT2D eigenvalue weighted by Gasteiger charge is -2.12. The fraction of sp³-hybridized carbons (Fsp3) is 0.545. The second-order valence-electron chi connectivity index (χ2n) is 3.90. The lowest BCUT2D eigenvalue weighted by molar-refractivity contribution is -0.138. The van der Waals surface area contributed by atoms with Crippen molar-refractivity contribution in [1.82, 2.24) is 20.2 Å². The first-order valence-corrected chi connectivity index (χ1v) is 5.70. The number of hydrogen-bond acceptors (Lipinski definition) is 4. The second kappa shape index (κ2) is 8.92. The predicted molar refractivity (Wildman–Crippen MR) is 74.0 cm³/mol. The standard InChI is InChI=1S/C6H9N3O2.C5H13N3/c7-5(6(10)11)1-4-2-8-3-9-4;1-6-5(7-2)8(3)4/h2-3,5H,1,7H2,(H,8,9)(H,10,11);1-4H3,(H,6,7). The highest BCUT2D eigenvalue weighted by molar-refractivity contribution is 5.78. The monoisotopic (exact) mass is 270 g/mol. The molecule has 108 valence electrons. The Kier molecular flexibility index (Phi) is 7.94. The third-order valence-corrected chi connectivity index (χ3v) is 2.16. The summed E-state index contributed by atoms with van der Waals surface area (Å²) >= 11 is 0. The van der Waals surface area contributed by atoms with Gasteiger partial charge in [-0.15, -0.1) is 0 Å². The van der Waals surface area contributed by atoms with Gasteiger partial charge in [0.25, 0.3) is 0 Å². The van der Waals surface area contributed by atoms with Gasteiger partial charge in [-0.1, -0.05) is 0 Å². The Morgan fingerprint density at radius 2 is 2.32 bits per heavy atom. The SMILES string of the molecule is CN=C(NC)N(C)C.NC(Cc1c[nH]cn1)C(=O)O. The molecule has 0 aliphatic heterocycles. The van der Waals surface area contributed by atoms with Crippen LogP contribution in [0, 0.1) is 0 Å². The van der Waals surface area contributed by atoms with E-state index in [1.54, 1.807) is 13.2 Å². The minimum atomic E-state index is -1.01. The van der Waals surface area contributed by atoms with Crippen molar-refractivity contribution in [1.29, 1.82) is 0 Å². The first kappa shape index (κ1) is 16.9. The fourth-order valence-electron chi connectivity index (χ4n) is 1.25. The van der Waals surface area contributed by atoms with Crippen LogP contribution in [0.2, 0.25) is 0 Å². The summed E-state index contributed by atoms with van der Waals surface area (Å²) in [6, 6.07) is -0.863. The van der Waals surface area contributed by atoms with E-state index in [0.717, 1.165) is 5.96 Å². The largest absolute Gasteiger partial charge is 0.480 e. The number of guanidine groups is 1. The van der Waals surface area contributed by atoms with E-state index < -0.39 is 12.0 Å². The summed E-state index contributed by atoms with van der Waals surface area (Å²) < 4.78 is 0. The van der Waals surface area contributed by atoms with Gasteiger partial charge in [-0.05, 0) is 0 Å². The quantitative estimate of drug-likeness (QED) is 0.418. The van der Waals surface area contributed by atoms with Crippen molar-refractivity contribution >= 4 is 11.9 Å². The van der Waals surface area contributed by atoms with Crippen molar-refractivity contribution in [2.24, 2.45) is 10.7 Å². The Labute approximate surface area is 112 Å². The van der Waals surface area contributed by atoms with Crippen molar-refractivity contribution in [2.75, 3.05) is 28.2 Å². The van der Waals surface area contributed by atoms with Crippen LogP contribution in [0.5, 0.6) is 0 Å². The molecule has 0 aliphatic carbocycles. The maximum atomic E-state index is 10.3. The van der Waals surface area contributed by atoms with Crippen LogP contribution in [0.25, 0.3) is 0 Å². The number of carboxylic acid groups (broad SMARTS) is 1. The van der Waals surface area contributed by atoms with Crippen molar-refractivity contribution in [3.05, 3.63) is 18.2 Å². The number of aromatic nitrogens is 2. The van der Waals surface area contributed by atoms with Crippen LogP contribution < -0.4 is 11.1 Å². The van der Waals surface area contributed by atoms with Crippen LogP contribution in [0.15, 0.2) is 17.5 Å². The molecule has 1 unspecified atom stereocenters. The van der Waals surface area contributed by atoms with Gasteiger partial charge in [0.15, 0.2) is 5.96 Å². The zero-order chi connectivity index (χ0) is 14.8. The third kappa shape index (κ3) is 7.04. The van der Waals surface area contributed by atoms with Gasteiger partial charge in [-0.2, -0.15) is 0 Å². The number of aliphatic carboxylic acids is 1. The average molecular weight is 270 g/mol. The Hall–Kier alpha value is -2.09. The fourth-order valence-corrected chi connectivity index (χ4v) is 1.25. The molecule has 1 rings (SSSR count). The molecule has 5 N–H and O–H groups in total. The van der Waals surface area contributed by atoms with E-state index in [9.17, 15) is 4.79 Å². The number of aromatic amines is 1. The Balaban J connectivity index is 0.000000362. The smallest absolute Gasteiger partial charge is 0.320 e. The summed E-state index contributed by atoms with van der Waals surface area (Å²) in [4.78, 5) is 22.7. The number of carboxylic acids is 1. The molecular weight excluding hydrogens is 248 g/mol. The number of rotatable bonds is 3. The maximum Gasteiger partial charge on any atom is 0.320 e. The van der Waals surface area contributed by atoms with Crippen LogP contribution in [0.4, 0.5) is 0 Å². The molecule has 0 radical (unpaired) electrons. The second-order valence-corrected chi connectivity index (χ2v) is 3.90. The average Bonchev–Trinajstić information content (AvgIpc) is 2.83. The summed E-state index contributed by atoms with van der Waals surface area (Å²) in [6.07, 6.45) is 3.38. The van der Waals surface area contributed by atoms with E-state index >= 15 is 0 Å². The number of H-pyrrole nitrogens is 1. The molecule has 1 aromatic heterocycles. The molecule has 0 amide bonds. The van der Waals surface area contributed by atoms with Gasteiger partial charge in [-0.3, -0.25) is 9.79 Å². The van der Waals surface area contributed by atoms with Crippen molar-refractivity contribution in [3.8, 4) is 0 Å². The molecule has 0 saturated carbocycles. The van der Waals surface area contributed by atoms with Gasteiger partial charge in [0, 0.05) is 40.8 Å². The summed E-state index contributed by atoms with van der Waals surface area (Å²) in [7, 11) is 7.49. The minimum Gasteiger partial charge on any atom is -0.480 e. The number of nitrogens with one attached hydrogen (secondary N) is 2. The molecule has 0 bridgehead atoms. The Bertz CT molecular complexity index is 388. The number of nitrogens with zero attached hydrogens (tertiary/aromatic N) is 3. The first-order valence-electron chi connectivity index (χ1n) is 5.70. The van der Waals surface area contributed by atoms with Gasteiger partial charge in [0.05, 0.1) is 12.0 Å². The zero-order valence-corrected chi connectivity index (χ0v) is 11.7. The normalized spacial score (nSPS) is 12.2. The van der Waals surface area contributed by atoms with Crippen molar-refractivity contribution in [3.63, 3.8) is 0 Å². The van der Waals surface area contributed by atoms with Gasteiger partial charge >= 0.3 is 5.97 Å². The minimum absolute atomic E-state index is 0.263. The Morgan fingerprint density at radius 3 is 2.58 bits per heavy atom. The van der Waals surface area contributed by atoms with Crippen LogP contribution in [0.3, 0.4) is 0 Å². The molecule has 1 aromatic rings. The van der Waals surface area contributed by atoms with E-state index in [-0.39, 0.29) is 6.42 Å². The molecule has 0 saturated heterocycles. The van der Waals surface area contributed by atoms with Gasteiger partial charge in [0.1, 0.15) is 6.04 Å². The highest BCUT2D eigenvalue weighted by Crippen LogP contribution is 1.95. The molecule has 8 nitrogen and oxygen atoms in total. The van der Waals surface area contributed by atoms with Crippen molar-refractivity contribution in [2.45, 2.75) is 12.5 Å². The molecular formula is C11H22N6O2. The number of hydrogen-bond donors (Lipinski definition) is 4. The van der Waals surface area contributed by atoms with Crippen LogP contribution >= 0.6 is 0 Å². The Morgan fingerprint density at radius 1 is 1.68 bits per heavy atom. The third-order valence-electron chi connectivity index (χ3n) is 2.16. The van der Waals surface area contributed by atoms with E-state index in [1.165, 1.54) is 6.33 Å². The highest BCUT2D eigenvalue weighted by atomic mass is 16.4. The molecule has 0 aliphatic rings. The molecule has 1 heterocycles.